The first-order chi connectivity index (χ1) is 10.3. The van der Waals surface area contributed by atoms with E-state index in [1.807, 2.05) is 54.6 Å². The van der Waals surface area contributed by atoms with Crippen molar-refractivity contribution in [3.63, 3.8) is 0 Å². The van der Waals surface area contributed by atoms with Gasteiger partial charge in [0.25, 0.3) is 0 Å². The molecule has 0 amide bonds. The van der Waals surface area contributed by atoms with Crippen LogP contribution in [0.5, 0.6) is 0 Å². The van der Waals surface area contributed by atoms with Gasteiger partial charge in [-0.25, -0.2) is 4.79 Å². The number of hydrogen-bond acceptors (Lipinski definition) is 2. The number of rotatable bonds is 5. The lowest BCUT2D eigenvalue weighted by Gasteiger charge is -2.12. The van der Waals surface area contributed by atoms with Crippen molar-refractivity contribution in [3.05, 3.63) is 77.4 Å². The lowest BCUT2D eigenvalue weighted by atomic mass is 9.94. The minimum Gasteiger partial charge on any atom is -0.463 e. The lowest BCUT2D eigenvalue weighted by Crippen LogP contribution is -2.03. The fourth-order valence-electron chi connectivity index (χ4n) is 2.14. The van der Waals surface area contributed by atoms with Gasteiger partial charge in [-0.2, -0.15) is 0 Å². The summed E-state index contributed by atoms with van der Waals surface area (Å²) in [5, 5.41) is 0.732. The van der Waals surface area contributed by atoms with Crippen molar-refractivity contribution >= 4 is 27.5 Å². The molecule has 0 unspecified atom stereocenters. The molecule has 0 spiro atoms. The van der Waals surface area contributed by atoms with Crippen molar-refractivity contribution in [3.8, 4) is 0 Å². The molecule has 3 heteroatoms. The van der Waals surface area contributed by atoms with Gasteiger partial charge in [0.1, 0.15) is 0 Å². The van der Waals surface area contributed by atoms with Gasteiger partial charge in [0.05, 0.1) is 6.61 Å². The largest absolute Gasteiger partial charge is 0.463 e. The fraction of sp³-hybridized carbons (Fsp3) is 0.167. The van der Waals surface area contributed by atoms with Crippen molar-refractivity contribution in [1.82, 2.24) is 0 Å². The Bertz CT molecular complexity index is 633. The molecular weight excluding hydrogens is 328 g/mol. The van der Waals surface area contributed by atoms with E-state index in [0.717, 1.165) is 27.6 Å². The number of esters is 1. The molecule has 2 aromatic rings. The molecule has 2 nitrogen and oxygen atoms in total. The zero-order valence-corrected chi connectivity index (χ0v) is 13.5. The molecule has 0 atom stereocenters. The molecular formula is C18H17BrO2. The molecule has 0 saturated heterocycles. The Hall–Kier alpha value is -1.87. The Kier molecular flexibility index (Phi) is 5.76. The molecule has 2 aromatic carbocycles. The van der Waals surface area contributed by atoms with E-state index in [4.69, 9.17) is 4.74 Å². The minimum atomic E-state index is -0.319. The van der Waals surface area contributed by atoms with E-state index in [-0.39, 0.29) is 5.97 Å². The van der Waals surface area contributed by atoms with E-state index in [1.165, 1.54) is 0 Å². The Labute approximate surface area is 133 Å². The van der Waals surface area contributed by atoms with E-state index in [2.05, 4.69) is 15.9 Å². The van der Waals surface area contributed by atoms with Gasteiger partial charge in [-0.1, -0.05) is 70.5 Å². The molecule has 0 N–H and O–H groups in total. The van der Waals surface area contributed by atoms with Crippen LogP contribution >= 0.6 is 15.9 Å². The molecule has 0 aliphatic carbocycles. The maximum Gasteiger partial charge on any atom is 0.331 e. The van der Waals surface area contributed by atoms with Crippen LogP contribution in [-0.4, -0.2) is 12.6 Å². The molecule has 21 heavy (non-hydrogen) atoms. The second kappa shape index (κ2) is 7.79. The summed E-state index contributed by atoms with van der Waals surface area (Å²) in [7, 11) is 0. The fourth-order valence-corrected chi connectivity index (χ4v) is 2.62. The zero-order valence-electron chi connectivity index (χ0n) is 11.9. The lowest BCUT2D eigenvalue weighted by molar-refractivity contribution is -0.137. The van der Waals surface area contributed by atoms with Crippen LogP contribution in [0.3, 0.4) is 0 Å². The quantitative estimate of drug-likeness (QED) is 0.451. The number of carbonyl (C=O) groups is 1. The SMILES string of the molecule is CCOC(=O)C=C(c1ccccc1)c1ccccc1CBr. The highest BCUT2D eigenvalue weighted by atomic mass is 79.9. The molecule has 0 heterocycles. The van der Waals surface area contributed by atoms with Crippen LogP contribution in [0, 0.1) is 0 Å². The summed E-state index contributed by atoms with van der Waals surface area (Å²) < 4.78 is 5.06. The highest BCUT2D eigenvalue weighted by molar-refractivity contribution is 9.08. The Morgan fingerprint density at radius 2 is 1.76 bits per heavy atom. The third-order valence-corrected chi connectivity index (χ3v) is 3.69. The van der Waals surface area contributed by atoms with Crippen LogP contribution in [0.15, 0.2) is 60.7 Å². The first-order valence-corrected chi connectivity index (χ1v) is 7.96. The maximum atomic E-state index is 11.9. The number of benzene rings is 2. The monoisotopic (exact) mass is 344 g/mol. The predicted octanol–water partition coefficient (Wildman–Crippen LogP) is 4.58. The van der Waals surface area contributed by atoms with Crippen LogP contribution < -0.4 is 0 Å². The van der Waals surface area contributed by atoms with Gasteiger partial charge in [0.15, 0.2) is 0 Å². The predicted molar refractivity (Wildman–Crippen MR) is 89.2 cm³/mol. The number of halogens is 1. The van der Waals surface area contributed by atoms with Gasteiger partial charge < -0.3 is 4.74 Å². The van der Waals surface area contributed by atoms with Gasteiger partial charge in [0.2, 0.25) is 0 Å². The van der Waals surface area contributed by atoms with Crippen molar-refractivity contribution in [2.75, 3.05) is 6.61 Å². The second-order valence-corrected chi connectivity index (χ2v) is 5.03. The number of carbonyl (C=O) groups excluding carboxylic acids is 1. The van der Waals surface area contributed by atoms with Crippen molar-refractivity contribution < 1.29 is 9.53 Å². The van der Waals surface area contributed by atoms with E-state index < -0.39 is 0 Å². The van der Waals surface area contributed by atoms with E-state index in [9.17, 15) is 4.79 Å². The summed E-state index contributed by atoms with van der Waals surface area (Å²) in [4.78, 5) is 11.9. The molecule has 0 aromatic heterocycles. The smallest absolute Gasteiger partial charge is 0.331 e. The average Bonchev–Trinajstić information content (AvgIpc) is 2.54. The maximum absolute atomic E-state index is 11.9. The van der Waals surface area contributed by atoms with Crippen LogP contribution in [0.25, 0.3) is 5.57 Å². The Morgan fingerprint density at radius 1 is 1.10 bits per heavy atom. The highest BCUT2D eigenvalue weighted by Crippen LogP contribution is 2.27. The molecule has 0 bridgehead atoms. The number of alkyl halides is 1. The van der Waals surface area contributed by atoms with Crippen LogP contribution in [0.2, 0.25) is 0 Å². The molecule has 0 saturated carbocycles. The first kappa shape index (κ1) is 15.5. The van der Waals surface area contributed by atoms with Crippen molar-refractivity contribution in [2.24, 2.45) is 0 Å². The van der Waals surface area contributed by atoms with Crippen molar-refractivity contribution in [2.45, 2.75) is 12.3 Å². The first-order valence-electron chi connectivity index (χ1n) is 6.84. The Balaban J connectivity index is 2.53. The van der Waals surface area contributed by atoms with Crippen molar-refractivity contribution in [1.29, 1.82) is 0 Å². The third kappa shape index (κ3) is 4.05. The van der Waals surface area contributed by atoms with Gasteiger partial charge in [-0.3, -0.25) is 0 Å². The molecule has 0 aliphatic rings. The van der Waals surface area contributed by atoms with Crippen LogP contribution in [-0.2, 0) is 14.9 Å². The highest BCUT2D eigenvalue weighted by Gasteiger charge is 2.11. The third-order valence-electron chi connectivity index (χ3n) is 3.09. The van der Waals surface area contributed by atoms with E-state index >= 15 is 0 Å². The van der Waals surface area contributed by atoms with Crippen LogP contribution in [0.1, 0.15) is 23.6 Å². The summed E-state index contributed by atoms with van der Waals surface area (Å²) in [5.74, 6) is -0.319. The molecule has 2 rings (SSSR count). The summed E-state index contributed by atoms with van der Waals surface area (Å²) in [6, 6.07) is 17.9. The van der Waals surface area contributed by atoms with Crippen LogP contribution in [0.4, 0.5) is 0 Å². The molecule has 108 valence electrons. The average molecular weight is 345 g/mol. The molecule has 0 aliphatic heterocycles. The Morgan fingerprint density at radius 3 is 2.43 bits per heavy atom. The number of hydrogen-bond donors (Lipinski definition) is 0. The molecule has 0 fully saturated rings. The summed E-state index contributed by atoms with van der Waals surface area (Å²) in [6.45, 7) is 2.18. The van der Waals surface area contributed by atoms with Gasteiger partial charge in [-0.15, -0.1) is 0 Å². The summed E-state index contributed by atoms with van der Waals surface area (Å²) >= 11 is 3.50. The normalized spacial score (nSPS) is 11.2. The van der Waals surface area contributed by atoms with Gasteiger partial charge in [-0.05, 0) is 29.2 Å². The van der Waals surface area contributed by atoms with Gasteiger partial charge >= 0.3 is 5.97 Å². The zero-order chi connectivity index (χ0) is 15.1. The summed E-state index contributed by atoms with van der Waals surface area (Å²) in [6.07, 6.45) is 1.57. The second-order valence-electron chi connectivity index (χ2n) is 4.47. The minimum absolute atomic E-state index is 0.319. The van der Waals surface area contributed by atoms with E-state index in [1.54, 1.807) is 13.0 Å². The standard InChI is InChI=1S/C18H17BrO2/c1-2-21-18(20)12-17(14-8-4-3-5-9-14)16-11-7-6-10-15(16)13-19/h3-12H,2,13H2,1H3. The van der Waals surface area contributed by atoms with Gasteiger partial charge in [0, 0.05) is 11.4 Å². The topological polar surface area (TPSA) is 26.3 Å². The number of ether oxygens (including phenoxy) is 1. The summed E-state index contributed by atoms with van der Waals surface area (Å²) in [5.41, 5.74) is 4.05. The molecule has 0 radical (unpaired) electrons. The van der Waals surface area contributed by atoms with E-state index in [0.29, 0.717) is 6.61 Å².